The average molecular weight is 224 g/mol. The zero-order chi connectivity index (χ0) is 11.1. The van der Waals surface area contributed by atoms with E-state index in [1.54, 1.807) is 11.6 Å². The van der Waals surface area contributed by atoms with Gasteiger partial charge < -0.3 is 10.1 Å². The van der Waals surface area contributed by atoms with E-state index < -0.39 is 0 Å². The van der Waals surface area contributed by atoms with E-state index >= 15 is 0 Å². The lowest BCUT2D eigenvalue weighted by molar-refractivity contribution is 0.0979. The lowest BCUT2D eigenvalue weighted by Crippen LogP contribution is -2.47. The summed E-state index contributed by atoms with van der Waals surface area (Å²) in [4.78, 5) is 12.0. The predicted molar refractivity (Wildman–Crippen MR) is 57.3 cm³/mol. The van der Waals surface area contributed by atoms with Crippen LogP contribution in [0.2, 0.25) is 0 Å². The molecule has 0 aliphatic carbocycles. The highest BCUT2D eigenvalue weighted by Crippen LogP contribution is 2.28. The molecule has 16 heavy (non-hydrogen) atoms. The Morgan fingerprint density at radius 3 is 2.88 bits per heavy atom. The molecule has 1 aromatic rings. The smallest absolute Gasteiger partial charge is 0.346 e. The number of aromatic nitrogens is 3. The van der Waals surface area contributed by atoms with Crippen molar-refractivity contribution in [1.82, 2.24) is 19.7 Å². The fourth-order valence-corrected chi connectivity index (χ4v) is 2.30. The van der Waals surface area contributed by atoms with Gasteiger partial charge >= 0.3 is 5.69 Å². The van der Waals surface area contributed by atoms with E-state index in [2.05, 4.69) is 10.4 Å². The Labute approximate surface area is 93.2 Å². The molecular formula is C10H16N4O2. The molecule has 88 valence electrons. The van der Waals surface area contributed by atoms with E-state index in [0.717, 1.165) is 38.4 Å². The molecule has 0 spiro atoms. The van der Waals surface area contributed by atoms with Crippen LogP contribution in [0.4, 0.5) is 0 Å². The van der Waals surface area contributed by atoms with Crippen LogP contribution in [0.15, 0.2) is 4.79 Å². The van der Waals surface area contributed by atoms with E-state index in [-0.39, 0.29) is 17.8 Å². The molecule has 0 saturated carbocycles. The molecule has 6 nitrogen and oxygen atoms in total. The lowest BCUT2D eigenvalue weighted by Gasteiger charge is -2.29. The van der Waals surface area contributed by atoms with Crippen molar-refractivity contribution in [3.63, 3.8) is 0 Å². The summed E-state index contributed by atoms with van der Waals surface area (Å²) in [5, 5.41) is 7.49. The third-order valence-electron chi connectivity index (χ3n) is 3.32. The topological polar surface area (TPSA) is 61.1 Å². The van der Waals surface area contributed by atoms with Crippen LogP contribution in [0.5, 0.6) is 0 Å². The summed E-state index contributed by atoms with van der Waals surface area (Å²) >= 11 is 0. The van der Waals surface area contributed by atoms with Crippen molar-refractivity contribution in [3.05, 3.63) is 16.3 Å². The molecule has 0 aromatic carbocycles. The molecular weight excluding hydrogens is 208 g/mol. The highest BCUT2D eigenvalue weighted by atomic mass is 16.5. The summed E-state index contributed by atoms with van der Waals surface area (Å²) < 4.78 is 8.82. The minimum atomic E-state index is -0.0306. The van der Waals surface area contributed by atoms with Gasteiger partial charge in [-0.3, -0.25) is 4.57 Å². The highest BCUT2D eigenvalue weighted by molar-refractivity contribution is 5.00. The van der Waals surface area contributed by atoms with Crippen molar-refractivity contribution in [3.8, 4) is 0 Å². The molecule has 3 rings (SSSR count). The summed E-state index contributed by atoms with van der Waals surface area (Å²) in [5.74, 6) is 0.802. The van der Waals surface area contributed by atoms with Crippen molar-refractivity contribution in [1.29, 1.82) is 0 Å². The van der Waals surface area contributed by atoms with E-state index in [0.29, 0.717) is 0 Å². The second-order valence-corrected chi connectivity index (χ2v) is 4.45. The molecule has 0 amide bonds. The summed E-state index contributed by atoms with van der Waals surface area (Å²) in [5.41, 5.74) is -0.0306. The van der Waals surface area contributed by atoms with E-state index in [1.807, 2.05) is 0 Å². The molecule has 1 N–H and O–H groups in total. The van der Waals surface area contributed by atoms with Gasteiger partial charge in [0.05, 0.1) is 6.04 Å². The molecule has 1 atom stereocenters. The van der Waals surface area contributed by atoms with Crippen LogP contribution < -0.4 is 11.0 Å². The summed E-state index contributed by atoms with van der Waals surface area (Å²) in [7, 11) is 1.70. The average Bonchev–Trinajstić information content (AvgIpc) is 2.78. The summed E-state index contributed by atoms with van der Waals surface area (Å²) in [6, 6.07) is 0.250. The van der Waals surface area contributed by atoms with Gasteiger partial charge in [0.25, 0.3) is 0 Å². The minimum absolute atomic E-state index is 0.00880. The number of hydrogen-bond donors (Lipinski definition) is 1. The monoisotopic (exact) mass is 224 g/mol. The number of nitrogens with zero attached hydrogens (tertiary/aromatic N) is 3. The maximum absolute atomic E-state index is 12.0. The number of aryl methyl sites for hydroxylation is 1. The van der Waals surface area contributed by atoms with Crippen LogP contribution in [-0.2, 0) is 11.8 Å². The molecule has 2 aliphatic rings. The Morgan fingerprint density at radius 2 is 2.31 bits per heavy atom. The normalized spacial score (nSPS) is 25.9. The first-order valence-electron chi connectivity index (χ1n) is 5.75. The summed E-state index contributed by atoms with van der Waals surface area (Å²) in [6.45, 7) is 2.48. The molecule has 2 aliphatic heterocycles. The van der Waals surface area contributed by atoms with Crippen LogP contribution in [0.1, 0.15) is 30.8 Å². The van der Waals surface area contributed by atoms with E-state index in [1.165, 1.54) is 4.68 Å². The van der Waals surface area contributed by atoms with Crippen LogP contribution in [-0.4, -0.2) is 34.0 Å². The quantitative estimate of drug-likeness (QED) is 0.741. The van der Waals surface area contributed by atoms with Gasteiger partial charge in [-0.15, -0.1) is 0 Å². The lowest BCUT2D eigenvalue weighted by atomic mass is 10.1. The van der Waals surface area contributed by atoms with Gasteiger partial charge in [0.1, 0.15) is 6.10 Å². The van der Waals surface area contributed by atoms with Gasteiger partial charge in [0.15, 0.2) is 5.82 Å². The Morgan fingerprint density at radius 1 is 1.50 bits per heavy atom. The van der Waals surface area contributed by atoms with Gasteiger partial charge in [-0.25, -0.2) is 9.48 Å². The van der Waals surface area contributed by atoms with Crippen LogP contribution >= 0.6 is 0 Å². The molecule has 1 aromatic heterocycles. The number of ether oxygens (including phenoxy) is 1. The first kappa shape index (κ1) is 10.0. The zero-order valence-electron chi connectivity index (χ0n) is 9.35. The molecule has 6 heteroatoms. The summed E-state index contributed by atoms with van der Waals surface area (Å²) in [6.07, 6.45) is 2.03. The van der Waals surface area contributed by atoms with Crippen molar-refractivity contribution in [2.75, 3.05) is 19.7 Å². The molecule has 2 fully saturated rings. The van der Waals surface area contributed by atoms with Gasteiger partial charge in [-0.05, 0) is 12.8 Å². The Bertz CT molecular complexity index is 440. The maximum atomic E-state index is 12.0. The fraction of sp³-hybridized carbons (Fsp3) is 0.800. The predicted octanol–water partition coefficient (Wildman–Crippen LogP) is -0.422. The van der Waals surface area contributed by atoms with Gasteiger partial charge in [0.2, 0.25) is 0 Å². The first-order valence-corrected chi connectivity index (χ1v) is 5.75. The molecule has 3 heterocycles. The largest absolute Gasteiger partial charge is 0.370 e. The Hall–Kier alpha value is -1.14. The molecule has 0 unspecified atom stereocenters. The second-order valence-electron chi connectivity index (χ2n) is 4.45. The third-order valence-corrected chi connectivity index (χ3v) is 3.32. The SMILES string of the molecule is Cn1nc([C@H]2CCCO2)n(C2CNC2)c1=O. The van der Waals surface area contributed by atoms with Gasteiger partial charge in [-0.2, -0.15) is 5.10 Å². The van der Waals surface area contributed by atoms with Crippen LogP contribution in [0.25, 0.3) is 0 Å². The molecule has 0 bridgehead atoms. The van der Waals surface area contributed by atoms with Crippen LogP contribution in [0, 0.1) is 0 Å². The minimum Gasteiger partial charge on any atom is -0.370 e. The van der Waals surface area contributed by atoms with Crippen molar-refractivity contribution in [2.45, 2.75) is 25.0 Å². The fourth-order valence-electron chi connectivity index (χ4n) is 2.30. The first-order chi connectivity index (χ1) is 7.77. The second kappa shape index (κ2) is 3.71. The van der Waals surface area contributed by atoms with Crippen molar-refractivity contribution in [2.24, 2.45) is 7.05 Å². The van der Waals surface area contributed by atoms with Gasteiger partial charge in [0, 0.05) is 26.7 Å². The third kappa shape index (κ3) is 1.41. The molecule has 0 radical (unpaired) electrons. The highest BCUT2D eigenvalue weighted by Gasteiger charge is 2.31. The van der Waals surface area contributed by atoms with E-state index in [4.69, 9.17) is 4.74 Å². The Balaban J connectivity index is 2.01. The maximum Gasteiger partial charge on any atom is 0.346 e. The standard InChI is InChI=1S/C10H16N4O2/c1-13-10(15)14(7-5-11-6-7)9(12-13)8-3-2-4-16-8/h7-8,11H,2-6H2,1H3/t8-/m1/s1. The number of nitrogens with one attached hydrogen (secondary N) is 1. The zero-order valence-corrected chi connectivity index (χ0v) is 9.35. The van der Waals surface area contributed by atoms with Gasteiger partial charge in [-0.1, -0.05) is 0 Å². The number of rotatable bonds is 2. The Kier molecular flexibility index (Phi) is 2.33. The van der Waals surface area contributed by atoms with Crippen LogP contribution in [0.3, 0.4) is 0 Å². The van der Waals surface area contributed by atoms with E-state index in [9.17, 15) is 4.79 Å². The van der Waals surface area contributed by atoms with Crippen molar-refractivity contribution >= 4 is 0 Å². The number of hydrogen-bond acceptors (Lipinski definition) is 4. The molecule has 2 saturated heterocycles. The van der Waals surface area contributed by atoms with Crippen molar-refractivity contribution < 1.29 is 4.74 Å².